The number of rotatable bonds is 4. The van der Waals surface area contributed by atoms with Crippen molar-refractivity contribution < 1.29 is 9.21 Å². The minimum absolute atomic E-state index is 0. The zero-order valence-electron chi connectivity index (χ0n) is 10.3. The van der Waals surface area contributed by atoms with E-state index in [-0.39, 0.29) is 29.6 Å². The third-order valence-electron chi connectivity index (χ3n) is 2.98. The number of nitrogens with zero attached hydrogens (tertiary/aromatic N) is 1. The third kappa shape index (κ3) is 3.40. The van der Waals surface area contributed by atoms with E-state index in [1.54, 1.807) is 12.1 Å². The zero-order valence-corrected chi connectivity index (χ0v) is 11.9. The Hall–Kier alpha value is -0.710. The quantitative estimate of drug-likeness (QED) is 0.928. The first-order valence-corrected chi connectivity index (χ1v) is 6.37. The summed E-state index contributed by atoms with van der Waals surface area (Å²) in [5.74, 6) is 0.266. The molecule has 4 nitrogen and oxygen atoms in total. The Morgan fingerprint density at radius 1 is 1.61 bits per heavy atom. The lowest BCUT2D eigenvalue weighted by Crippen LogP contribution is -2.41. The molecule has 1 aliphatic heterocycles. The minimum atomic E-state index is -0.0625. The van der Waals surface area contributed by atoms with Crippen molar-refractivity contribution in [3.8, 4) is 0 Å². The van der Waals surface area contributed by atoms with E-state index in [9.17, 15) is 4.79 Å². The van der Waals surface area contributed by atoms with Gasteiger partial charge in [-0.3, -0.25) is 4.79 Å². The molecular formula is C12H18Cl2N2O2. The molecule has 0 bridgehead atoms. The molecule has 6 heteroatoms. The second kappa shape index (κ2) is 7.02. The molecule has 2 heterocycles. The SMILES string of the molecule is CCCN(C(=O)c1ccc(Cl)o1)C1CCNC1.Cl. The summed E-state index contributed by atoms with van der Waals surface area (Å²) in [4.78, 5) is 14.2. The average Bonchev–Trinajstić information content (AvgIpc) is 2.95. The Balaban J connectivity index is 0.00000162. The first-order chi connectivity index (χ1) is 8.22. The van der Waals surface area contributed by atoms with Crippen LogP contribution < -0.4 is 5.32 Å². The smallest absolute Gasteiger partial charge is 0.289 e. The highest BCUT2D eigenvalue weighted by atomic mass is 35.5. The predicted molar refractivity (Wildman–Crippen MR) is 73.6 cm³/mol. The lowest BCUT2D eigenvalue weighted by molar-refractivity contribution is 0.0659. The van der Waals surface area contributed by atoms with Crippen LogP contribution in [0, 0.1) is 0 Å². The molecular weight excluding hydrogens is 275 g/mol. The summed E-state index contributed by atoms with van der Waals surface area (Å²) in [6.07, 6.45) is 1.94. The minimum Gasteiger partial charge on any atom is -0.440 e. The number of hydrogen-bond acceptors (Lipinski definition) is 3. The maximum absolute atomic E-state index is 12.3. The Bertz CT molecular complexity index is 389. The fourth-order valence-corrected chi connectivity index (χ4v) is 2.31. The number of amides is 1. The Morgan fingerprint density at radius 2 is 2.39 bits per heavy atom. The van der Waals surface area contributed by atoms with Gasteiger partial charge in [-0.25, -0.2) is 0 Å². The third-order valence-corrected chi connectivity index (χ3v) is 3.19. The van der Waals surface area contributed by atoms with Crippen molar-refractivity contribution in [3.05, 3.63) is 23.1 Å². The highest BCUT2D eigenvalue weighted by molar-refractivity contribution is 6.29. The number of carbonyl (C=O) groups excluding carboxylic acids is 1. The van der Waals surface area contributed by atoms with Crippen LogP contribution in [-0.4, -0.2) is 36.5 Å². The van der Waals surface area contributed by atoms with Crippen LogP contribution in [0.5, 0.6) is 0 Å². The van der Waals surface area contributed by atoms with Gasteiger partial charge in [-0.1, -0.05) is 6.92 Å². The van der Waals surface area contributed by atoms with Gasteiger partial charge in [-0.05, 0) is 43.1 Å². The highest BCUT2D eigenvalue weighted by Crippen LogP contribution is 2.18. The number of hydrogen-bond donors (Lipinski definition) is 1. The van der Waals surface area contributed by atoms with Crippen LogP contribution in [0.3, 0.4) is 0 Å². The van der Waals surface area contributed by atoms with E-state index in [0.29, 0.717) is 5.76 Å². The van der Waals surface area contributed by atoms with Gasteiger partial charge in [0.2, 0.25) is 0 Å². The van der Waals surface area contributed by atoms with E-state index >= 15 is 0 Å². The van der Waals surface area contributed by atoms with Crippen molar-refractivity contribution >= 4 is 29.9 Å². The van der Waals surface area contributed by atoms with E-state index in [1.807, 2.05) is 4.90 Å². The molecule has 0 radical (unpaired) electrons. The Labute approximate surface area is 118 Å². The summed E-state index contributed by atoms with van der Waals surface area (Å²) in [6, 6.07) is 3.51. The highest BCUT2D eigenvalue weighted by Gasteiger charge is 2.28. The van der Waals surface area contributed by atoms with Crippen LogP contribution in [0.1, 0.15) is 30.3 Å². The first-order valence-electron chi connectivity index (χ1n) is 5.99. The van der Waals surface area contributed by atoms with Crippen LogP contribution in [0.25, 0.3) is 0 Å². The standard InChI is InChI=1S/C12H17ClN2O2.ClH/c1-2-7-15(9-5-6-14-8-9)12(16)10-3-4-11(13)17-10;/h3-4,9,14H,2,5-8H2,1H3;1H. The second-order valence-corrected chi connectivity index (χ2v) is 4.62. The van der Waals surface area contributed by atoms with E-state index < -0.39 is 0 Å². The van der Waals surface area contributed by atoms with Gasteiger partial charge in [0, 0.05) is 19.1 Å². The van der Waals surface area contributed by atoms with E-state index in [0.717, 1.165) is 32.5 Å². The molecule has 1 N–H and O–H groups in total. The second-order valence-electron chi connectivity index (χ2n) is 4.25. The van der Waals surface area contributed by atoms with E-state index in [1.165, 1.54) is 0 Å². The summed E-state index contributed by atoms with van der Waals surface area (Å²) in [5.41, 5.74) is 0. The molecule has 1 amide bonds. The normalized spacial score (nSPS) is 18.4. The van der Waals surface area contributed by atoms with Crippen molar-refractivity contribution in [2.75, 3.05) is 19.6 Å². The molecule has 1 unspecified atom stereocenters. The van der Waals surface area contributed by atoms with Crippen LogP contribution >= 0.6 is 24.0 Å². The zero-order chi connectivity index (χ0) is 12.3. The van der Waals surface area contributed by atoms with Gasteiger partial charge in [0.05, 0.1) is 0 Å². The van der Waals surface area contributed by atoms with Crippen LogP contribution in [0.15, 0.2) is 16.5 Å². The molecule has 1 aliphatic rings. The van der Waals surface area contributed by atoms with Gasteiger partial charge in [0.25, 0.3) is 5.91 Å². The maximum Gasteiger partial charge on any atom is 0.289 e. The number of furan rings is 1. The fourth-order valence-electron chi connectivity index (χ4n) is 2.17. The summed E-state index contributed by atoms with van der Waals surface area (Å²) in [6.45, 7) is 4.65. The van der Waals surface area contributed by atoms with E-state index in [2.05, 4.69) is 12.2 Å². The number of halogens is 2. The summed E-state index contributed by atoms with van der Waals surface area (Å²) < 4.78 is 5.19. The van der Waals surface area contributed by atoms with E-state index in [4.69, 9.17) is 16.0 Å². The molecule has 0 aliphatic carbocycles. The molecule has 18 heavy (non-hydrogen) atoms. The van der Waals surface area contributed by atoms with Gasteiger partial charge in [-0.15, -0.1) is 12.4 Å². The molecule has 1 fully saturated rings. The van der Waals surface area contributed by atoms with Crippen LogP contribution in [0.2, 0.25) is 5.22 Å². The monoisotopic (exact) mass is 292 g/mol. The molecule has 0 saturated carbocycles. The van der Waals surface area contributed by atoms with Crippen molar-refractivity contribution in [1.82, 2.24) is 10.2 Å². The molecule has 0 aromatic carbocycles. The lowest BCUT2D eigenvalue weighted by atomic mass is 10.2. The van der Waals surface area contributed by atoms with Crippen molar-refractivity contribution in [1.29, 1.82) is 0 Å². The summed E-state index contributed by atoms with van der Waals surface area (Å²) >= 11 is 5.70. The number of carbonyl (C=O) groups is 1. The van der Waals surface area contributed by atoms with Crippen LogP contribution in [-0.2, 0) is 0 Å². The Morgan fingerprint density at radius 3 is 2.89 bits per heavy atom. The Kier molecular flexibility index (Phi) is 5.99. The molecule has 0 spiro atoms. The topological polar surface area (TPSA) is 45.5 Å². The van der Waals surface area contributed by atoms with Gasteiger partial charge in [-0.2, -0.15) is 0 Å². The molecule has 1 aromatic rings. The molecule has 1 aromatic heterocycles. The van der Waals surface area contributed by atoms with Crippen molar-refractivity contribution in [3.63, 3.8) is 0 Å². The predicted octanol–water partition coefficient (Wildman–Crippen LogP) is 2.57. The average molecular weight is 293 g/mol. The van der Waals surface area contributed by atoms with Gasteiger partial charge in [0.1, 0.15) is 0 Å². The fraction of sp³-hybridized carbons (Fsp3) is 0.583. The first kappa shape index (κ1) is 15.3. The molecule has 2 rings (SSSR count). The van der Waals surface area contributed by atoms with Crippen LogP contribution in [0.4, 0.5) is 0 Å². The van der Waals surface area contributed by atoms with Gasteiger partial charge in [0.15, 0.2) is 11.0 Å². The van der Waals surface area contributed by atoms with Crippen molar-refractivity contribution in [2.45, 2.75) is 25.8 Å². The van der Waals surface area contributed by atoms with Gasteiger partial charge >= 0.3 is 0 Å². The van der Waals surface area contributed by atoms with Crippen molar-refractivity contribution in [2.24, 2.45) is 0 Å². The number of nitrogens with one attached hydrogen (secondary N) is 1. The van der Waals surface area contributed by atoms with Gasteiger partial charge < -0.3 is 14.6 Å². The summed E-state index contributed by atoms with van der Waals surface area (Å²) in [7, 11) is 0. The maximum atomic E-state index is 12.3. The molecule has 1 saturated heterocycles. The summed E-state index contributed by atoms with van der Waals surface area (Å²) in [5, 5.41) is 3.53. The largest absolute Gasteiger partial charge is 0.440 e. The lowest BCUT2D eigenvalue weighted by Gasteiger charge is -2.27. The molecule has 102 valence electrons. The molecule has 1 atom stereocenters.